The van der Waals surface area contributed by atoms with Gasteiger partial charge in [-0.3, -0.25) is 4.79 Å². The van der Waals surface area contributed by atoms with Gasteiger partial charge >= 0.3 is 5.97 Å². The molecule has 0 saturated heterocycles. The van der Waals surface area contributed by atoms with Crippen LogP contribution in [0.15, 0.2) is 11.3 Å². The zero-order valence-electron chi connectivity index (χ0n) is 24.8. The Hall–Kier alpha value is -1.11. The number of fused-ring (bicyclic) bond motifs is 3. The molecule has 6 heteroatoms. The Kier molecular flexibility index (Phi) is 5.55. The molecule has 5 aliphatic carbocycles. The first kappa shape index (κ1) is 27.1. The van der Waals surface area contributed by atoms with E-state index >= 15 is 0 Å². The van der Waals surface area contributed by atoms with Crippen LogP contribution in [0.4, 0.5) is 0 Å². The van der Waals surface area contributed by atoms with Gasteiger partial charge in [0.25, 0.3) is 0 Å². The van der Waals surface area contributed by atoms with E-state index in [9.17, 15) is 20.1 Å². The largest absolute Gasteiger partial charge is 0.488 e. The molecule has 0 aromatic rings. The molecule has 6 rings (SSSR count). The Bertz CT molecular complexity index is 1070. The van der Waals surface area contributed by atoms with E-state index in [4.69, 9.17) is 9.47 Å². The fourth-order valence-corrected chi connectivity index (χ4v) is 11.7. The van der Waals surface area contributed by atoms with Crippen molar-refractivity contribution >= 4 is 5.97 Å². The van der Waals surface area contributed by atoms with E-state index in [1.54, 1.807) is 13.8 Å². The van der Waals surface area contributed by atoms with Crippen molar-refractivity contribution in [2.75, 3.05) is 0 Å². The molecule has 4 saturated carbocycles. The molecular weight excluding hydrogens is 480 g/mol. The molecular formula is C32H50O6. The van der Waals surface area contributed by atoms with Crippen LogP contribution >= 0.6 is 0 Å². The van der Waals surface area contributed by atoms with Crippen LogP contribution in [0.5, 0.6) is 0 Å². The van der Waals surface area contributed by atoms with Gasteiger partial charge in [0, 0.05) is 17.8 Å². The summed E-state index contributed by atoms with van der Waals surface area (Å²) in [6.07, 6.45) is 6.06. The Morgan fingerprint density at radius 3 is 2.29 bits per heavy atom. The molecule has 0 unspecified atom stereocenters. The summed E-state index contributed by atoms with van der Waals surface area (Å²) in [6.45, 7) is 16.2. The van der Waals surface area contributed by atoms with E-state index in [0.29, 0.717) is 29.4 Å². The minimum Gasteiger partial charge on any atom is -0.488 e. The van der Waals surface area contributed by atoms with E-state index in [2.05, 4.69) is 34.6 Å². The van der Waals surface area contributed by atoms with Crippen LogP contribution in [0.3, 0.4) is 0 Å². The molecule has 4 fully saturated rings. The lowest BCUT2D eigenvalue weighted by Gasteiger charge is -2.63. The number of carbonyl (C=O) groups excluding carboxylic acids is 1. The van der Waals surface area contributed by atoms with Gasteiger partial charge in [-0.15, -0.1) is 0 Å². The molecule has 214 valence electrons. The maximum atomic E-state index is 12.3. The number of aliphatic hydroxyl groups excluding tert-OH is 2. The molecule has 0 aromatic heterocycles. The Morgan fingerprint density at radius 1 is 1.03 bits per heavy atom. The van der Waals surface area contributed by atoms with Gasteiger partial charge in [-0.2, -0.15) is 0 Å². The third kappa shape index (κ3) is 3.04. The van der Waals surface area contributed by atoms with Crippen molar-refractivity contribution < 1.29 is 29.6 Å². The predicted octanol–water partition coefficient (Wildman–Crippen LogP) is 5.13. The van der Waals surface area contributed by atoms with Gasteiger partial charge in [0.05, 0.1) is 11.7 Å². The van der Waals surface area contributed by atoms with Crippen molar-refractivity contribution in [2.45, 2.75) is 137 Å². The first-order valence-electron chi connectivity index (χ1n) is 15.1. The maximum Gasteiger partial charge on any atom is 0.303 e. The second-order valence-corrected chi connectivity index (χ2v) is 15.8. The van der Waals surface area contributed by atoms with Crippen LogP contribution in [-0.4, -0.2) is 51.3 Å². The standard InChI is InChI=1S/C32H50O6/c1-17-15-19(26(28(5,6)36)37-18(2)33)38-24-23(17)29(7)13-14-32-16-31(32)12-11-22(34)27(3,4)20(31)9-10-21(32)30(29,8)25(24)35/h17,19-22,25-26,34-36H,9-16H2,1-8H3/t17-,19-,20+,21+,22+,25+,26+,29-,30-,31-,32+/m1/s1. The van der Waals surface area contributed by atoms with E-state index in [1.807, 2.05) is 0 Å². The highest BCUT2D eigenvalue weighted by Gasteiger charge is 2.83. The van der Waals surface area contributed by atoms with Crippen molar-refractivity contribution in [3.8, 4) is 0 Å². The molecule has 0 aromatic carbocycles. The third-order valence-electron chi connectivity index (χ3n) is 13.5. The molecule has 38 heavy (non-hydrogen) atoms. The first-order chi connectivity index (χ1) is 17.5. The summed E-state index contributed by atoms with van der Waals surface area (Å²) < 4.78 is 12.3. The summed E-state index contributed by atoms with van der Waals surface area (Å²) in [7, 11) is 0. The second kappa shape index (κ2) is 7.79. The number of hydrogen-bond acceptors (Lipinski definition) is 6. The fraction of sp³-hybridized carbons (Fsp3) is 0.906. The lowest BCUT2D eigenvalue weighted by atomic mass is 9.41. The summed E-state index contributed by atoms with van der Waals surface area (Å²) >= 11 is 0. The Labute approximate surface area is 228 Å². The smallest absolute Gasteiger partial charge is 0.303 e. The van der Waals surface area contributed by atoms with Crippen LogP contribution in [0.1, 0.15) is 107 Å². The predicted molar refractivity (Wildman–Crippen MR) is 144 cm³/mol. The molecule has 1 aliphatic heterocycles. The maximum absolute atomic E-state index is 12.3. The van der Waals surface area contributed by atoms with Gasteiger partial charge in [0.15, 0.2) is 6.10 Å². The van der Waals surface area contributed by atoms with Crippen LogP contribution in [0.2, 0.25) is 0 Å². The minimum absolute atomic E-state index is 0.0617. The van der Waals surface area contributed by atoms with Gasteiger partial charge < -0.3 is 24.8 Å². The minimum atomic E-state index is -1.26. The highest BCUT2D eigenvalue weighted by Crippen LogP contribution is 2.89. The zero-order chi connectivity index (χ0) is 27.8. The monoisotopic (exact) mass is 530 g/mol. The number of carbonyl (C=O) groups is 1. The van der Waals surface area contributed by atoms with Crippen LogP contribution < -0.4 is 0 Å². The molecule has 6 nitrogen and oxygen atoms in total. The molecule has 3 N–H and O–H groups in total. The van der Waals surface area contributed by atoms with Crippen molar-refractivity contribution in [1.29, 1.82) is 0 Å². The van der Waals surface area contributed by atoms with Gasteiger partial charge in [-0.05, 0) is 105 Å². The molecule has 2 spiro atoms. The fourth-order valence-electron chi connectivity index (χ4n) is 11.7. The molecule has 1 heterocycles. The van der Waals surface area contributed by atoms with E-state index in [1.165, 1.54) is 25.3 Å². The number of ether oxygens (including phenoxy) is 2. The number of esters is 1. The SMILES string of the molecule is CC(=O)O[C@@H]([C@H]1C[C@@H](C)C2=C(O1)[C@H](O)[C@@]1(C)[C@@H]3CC[C@H]4C(C)(C)[C@@H](O)CC[C@@]45C[C@@]35CC[C@]21C)C(C)(C)O. The number of hydrogen-bond donors (Lipinski definition) is 3. The van der Waals surface area contributed by atoms with Gasteiger partial charge in [-0.1, -0.05) is 34.6 Å². The third-order valence-corrected chi connectivity index (χ3v) is 13.5. The van der Waals surface area contributed by atoms with Crippen LogP contribution in [0, 0.1) is 44.8 Å². The average molecular weight is 531 g/mol. The lowest BCUT2D eigenvalue weighted by molar-refractivity contribution is -0.184. The van der Waals surface area contributed by atoms with Crippen molar-refractivity contribution in [2.24, 2.45) is 44.8 Å². The van der Waals surface area contributed by atoms with Crippen LogP contribution in [0.25, 0.3) is 0 Å². The van der Waals surface area contributed by atoms with Crippen molar-refractivity contribution in [3.63, 3.8) is 0 Å². The normalized spacial score (nSPS) is 51.4. The number of aliphatic hydroxyl groups is 3. The van der Waals surface area contributed by atoms with E-state index in [0.717, 1.165) is 32.1 Å². The average Bonchev–Trinajstić information content (AvgIpc) is 3.44. The first-order valence-corrected chi connectivity index (χ1v) is 15.1. The molecule has 0 bridgehead atoms. The quantitative estimate of drug-likeness (QED) is 0.438. The second-order valence-electron chi connectivity index (χ2n) is 15.8. The van der Waals surface area contributed by atoms with E-state index < -0.39 is 29.9 Å². The Balaban J connectivity index is 1.36. The summed E-state index contributed by atoms with van der Waals surface area (Å²) in [6, 6.07) is 0. The topological polar surface area (TPSA) is 96.2 Å². The number of allylic oxidation sites excluding steroid dienone is 1. The summed E-state index contributed by atoms with van der Waals surface area (Å²) in [5.74, 6) is 1.36. The summed E-state index contributed by atoms with van der Waals surface area (Å²) in [5.41, 5.74) is -0.0251. The molecule has 11 atom stereocenters. The zero-order valence-corrected chi connectivity index (χ0v) is 24.8. The highest BCUT2D eigenvalue weighted by molar-refractivity contribution is 5.66. The lowest BCUT2D eigenvalue weighted by Crippen LogP contribution is -2.59. The van der Waals surface area contributed by atoms with Crippen molar-refractivity contribution in [1.82, 2.24) is 0 Å². The van der Waals surface area contributed by atoms with Gasteiger partial charge in [0.1, 0.15) is 18.0 Å². The summed E-state index contributed by atoms with van der Waals surface area (Å²) in [5, 5.41) is 34.1. The Morgan fingerprint density at radius 2 is 1.66 bits per heavy atom. The number of rotatable bonds is 3. The molecule has 6 aliphatic rings. The molecule has 0 radical (unpaired) electrons. The van der Waals surface area contributed by atoms with Crippen LogP contribution in [-0.2, 0) is 14.3 Å². The van der Waals surface area contributed by atoms with E-state index in [-0.39, 0.29) is 33.7 Å². The van der Waals surface area contributed by atoms with Gasteiger partial charge in [0.2, 0.25) is 0 Å². The van der Waals surface area contributed by atoms with Gasteiger partial charge in [-0.25, -0.2) is 0 Å². The summed E-state index contributed by atoms with van der Waals surface area (Å²) in [4.78, 5) is 11.9. The highest BCUT2D eigenvalue weighted by atomic mass is 16.6. The van der Waals surface area contributed by atoms with Crippen molar-refractivity contribution in [3.05, 3.63) is 11.3 Å². The molecule has 0 amide bonds.